The Kier molecular flexibility index (Phi) is 2.74. The van der Waals surface area contributed by atoms with E-state index in [-0.39, 0.29) is 24.0 Å². The molecule has 27 heavy (non-hydrogen) atoms. The number of hydrogen-bond donors (Lipinski definition) is 2. The Morgan fingerprint density at radius 1 is 1.41 bits per heavy atom. The van der Waals surface area contributed by atoms with E-state index >= 15 is 0 Å². The summed E-state index contributed by atoms with van der Waals surface area (Å²) in [5.74, 6) is -0.132. The largest absolute Gasteiger partial charge is 0.468 e. The third kappa shape index (κ3) is 1.37. The summed E-state index contributed by atoms with van der Waals surface area (Å²) in [7, 11) is 3.78. The molecule has 5 aliphatic heterocycles. The summed E-state index contributed by atoms with van der Waals surface area (Å²) in [6, 6.07) is 9.05. The van der Waals surface area contributed by atoms with E-state index in [2.05, 4.69) is 43.6 Å². The second-order valence-corrected chi connectivity index (χ2v) is 9.48. The van der Waals surface area contributed by atoms with Crippen LogP contribution in [0, 0.1) is 11.3 Å². The molecular formula is C22H27N2O3+. The fourth-order valence-electron chi connectivity index (χ4n) is 8.23. The highest BCUT2D eigenvalue weighted by molar-refractivity contribution is 5.83. The van der Waals surface area contributed by atoms with Crippen molar-refractivity contribution in [3.05, 3.63) is 41.5 Å². The molecule has 0 unspecified atom stereocenters. The number of hydrogen-bond acceptors (Lipinski definition) is 4. The van der Waals surface area contributed by atoms with Crippen LogP contribution in [0.2, 0.25) is 0 Å². The van der Waals surface area contributed by atoms with Gasteiger partial charge in [0.2, 0.25) is 0 Å². The molecule has 5 bridgehead atoms. The van der Waals surface area contributed by atoms with Crippen LogP contribution in [-0.4, -0.2) is 60.5 Å². The zero-order chi connectivity index (χ0) is 18.8. The van der Waals surface area contributed by atoms with Crippen molar-refractivity contribution in [3.63, 3.8) is 0 Å². The summed E-state index contributed by atoms with van der Waals surface area (Å²) in [6.45, 7) is 3.05. The van der Waals surface area contributed by atoms with Crippen molar-refractivity contribution in [3.8, 4) is 0 Å². The number of aliphatic hydroxyl groups is 1. The topological polar surface area (TPSA) is 58.6 Å². The van der Waals surface area contributed by atoms with Gasteiger partial charge in [-0.3, -0.25) is 4.79 Å². The van der Waals surface area contributed by atoms with E-state index < -0.39 is 16.9 Å². The van der Waals surface area contributed by atoms with E-state index in [0.29, 0.717) is 6.04 Å². The average molecular weight is 367 g/mol. The summed E-state index contributed by atoms with van der Waals surface area (Å²) in [6.07, 6.45) is 3.23. The van der Waals surface area contributed by atoms with Crippen LogP contribution < -0.4 is 5.32 Å². The lowest BCUT2D eigenvalue weighted by Crippen LogP contribution is -2.79. The molecule has 1 saturated carbocycles. The van der Waals surface area contributed by atoms with Gasteiger partial charge in [-0.15, -0.1) is 0 Å². The molecular weight excluding hydrogens is 340 g/mol. The number of benzene rings is 1. The lowest BCUT2D eigenvalue weighted by Gasteiger charge is -2.64. The normalized spacial score (nSPS) is 51.9. The van der Waals surface area contributed by atoms with Crippen LogP contribution in [0.1, 0.15) is 25.3 Å². The Labute approximate surface area is 159 Å². The first-order valence-electron chi connectivity index (χ1n) is 10.1. The number of para-hydroxylation sites is 1. The van der Waals surface area contributed by atoms with Crippen molar-refractivity contribution >= 4 is 11.7 Å². The van der Waals surface area contributed by atoms with Crippen LogP contribution in [-0.2, 0) is 14.9 Å². The fourth-order valence-corrected chi connectivity index (χ4v) is 8.23. The SMILES string of the molecule is C/C=C1\C[N@+]2(C)[C@H]3C[C@H]1[C@@]1(C(=O)OC)[C@H](O)[C@]4(C[C@@H]12)c1ccccc1N[C@H]34. The van der Waals surface area contributed by atoms with E-state index in [0.717, 1.165) is 29.6 Å². The molecule has 8 atom stereocenters. The Morgan fingerprint density at radius 3 is 2.93 bits per heavy atom. The smallest absolute Gasteiger partial charge is 0.321 e. The molecule has 1 spiro atoms. The highest BCUT2D eigenvalue weighted by Gasteiger charge is 2.87. The Hall–Kier alpha value is -1.85. The summed E-state index contributed by atoms with van der Waals surface area (Å²) in [5, 5.41) is 15.8. The van der Waals surface area contributed by atoms with Crippen molar-refractivity contribution < 1.29 is 19.1 Å². The lowest BCUT2D eigenvalue weighted by atomic mass is 9.57. The minimum absolute atomic E-state index is 0.0823. The van der Waals surface area contributed by atoms with Gasteiger partial charge in [0.05, 0.1) is 31.7 Å². The molecule has 4 saturated heterocycles. The number of esters is 1. The van der Waals surface area contributed by atoms with Crippen LogP contribution >= 0.6 is 0 Å². The number of allylic oxidation sites excluding steroid dienone is 1. The molecule has 1 aliphatic carbocycles. The standard InChI is InChI=1S/C22H27N2O3/c1-4-12-11-24(2)16-9-14(12)22(20(26)27-3)17(24)10-21(19(22)25)13-7-5-6-8-15(13)23-18(16)21/h4-8,14,16-19,23,25H,9-11H2,1-3H3/q+1/b12-4+/t14-,16+,17+,18-,19-,21-,22+,24-/m1/s1. The van der Waals surface area contributed by atoms with Crippen molar-refractivity contribution in [1.29, 1.82) is 0 Å². The first kappa shape index (κ1) is 16.1. The van der Waals surface area contributed by atoms with E-state index in [4.69, 9.17) is 4.74 Å². The van der Waals surface area contributed by atoms with E-state index in [9.17, 15) is 9.90 Å². The molecule has 142 valence electrons. The Balaban J connectivity index is 1.68. The quantitative estimate of drug-likeness (QED) is 0.452. The van der Waals surface area contributed by atoms with E-state index in [1.54, 1.807) is 0 Å². The lowest BCUT2D eigenvalue weighted by molar-refractivity contribution is -0.975. The van der Waals surface area contributed by atoms with Crippen molar-refractivity contribution in [2.45, 2.75) is 49.4 Å². The summed E-state index contributed by atoms with van der Waals surface area (Å²) < 4.78 is 6.24. The van der Waals surface area contributed by atoms with Gasteiger partial charge in [-0.05, 0) is 24.1 Å². The van der Waals surface area contributed by atoms with E-state index in [1.807, 2.05) is 6.07 Å². The predicted molar refractivity (Wildman–Crippen MR) is 101 cm³/mol. The summed E-state index contributed by atoms with van der Waals surface area (Å²) in [5.41, 5.74) is 2.41. The molecule has 6 aliphatic rings. The monoisotopic (exact) mass is 367 g/mol. The minimum atomic E-state index is -0.839. The van der Waals surface area contributed by atoms with Crippen molar-refractivity contribution in [2.75, 3.05) is 26.0 Å². The first-order valence-corrected chi connectivity index (χ1v) is 10.1. The maximum Gasteiger partial charge on any atom is 0.321 e. The van der Waals surface area contributed by atoms with Crippen LogP contribution in [0.25, 0.3) is 0 Å². The van der Waals surface area contributed by atoms with Gasteiger partial charge in [-0.25, -0.2) is 0 Å². The molecule has 5 fully saturated rings. The van der Waals surface area contributed by atoms with Crippen LogP contribution in [0.5, 0.6) is 0 Å². The number of methoxy groups -OCH3 is 1. The number of aliphatic hydroxyl groups excluding tert-OH is 1. The number of carbonyl (C=O) groups is 1. The number of piperidine rings is 4. The Morgan fingerprint density at radius 2 is 2.19 bits per heavy atom. The second kappa shape index (κ2) is 4.58. The maximum absolute atomic E-state index is 13.4. The maximum atomic E-state index is 13.4. The molecule has 5 nitrogen and oxygen atoms in total. The van der Waals surface area contributed by atoms with Gasteiger partial charge in [-0.2, -0.15) is 0 Å². The number of nitrogens with one attached hydrogen (secondary N) is 1. The van der Waals surface area contributed by atoms with Gasteiger partial charge in [-0.1, -0.05) is 24.3 Å². The van der Waals surface area contributed by atoms with E-state index in [1.165, 1.54) is 18.2 Å². The van der Waals surface area contributed by atoms with Gasteiger partial charge in [0.15, 0.2) is 5.41 Å². The minimum Gasteiger partial charge on any atom is -0.468 e. The van der Waals surface area contributed by atoms with Crippen molar-refractivity contribution in [1.82, 2.24) is 0 Å². The van der Waals surface area contributed by atoms with Gasteiger partial charge in [0, 0.05) is 24.4 Å². The van der Waals surface area contributed by atoms with Crippen molar-refractivity contribution in [2.24, 2.45) is 11.3 Å². The molecule has 1 aromatic carbocycles. The zero-order valence-electron chi connectivity index (χ0n) is 16.1. The highest BCUT2D eigenvalue weighted by Crippen LogP contribution is 2.73. The van der Waals surface area contributed by atoms with Crippen LogP contribution in [0.3, 0.4) is 0 Å². The molecule has 2 N–H and O–H groups in total. The number of likely N-dealkylation sites (N-methyl/N-ethyl adjacent to an activating group) is 1. The third-order valence-corrected chi connectivity index (χ3v) is 9.11. The second-order valence-electron chi connectivity index (χ2n) is 9.48. The van der Waals surface area contributed by atoms with Gasteiger partial charge in [0.1, 0.15) is 18.6 Å². The number of nitrogens with zero attached hydrogens (tertiary/aromatic N) is 1. The van der Waals surface area contributed by atoms with Gasteiger partial charge in [0.25, 0.3) is 0 Å². The summed E-state index contributed by atoms with van der Waals surface area (Å²) in [4.78, 5) is 13.4. The number of fused-ring (bicyclic) bond motifs is 2. The molecule has 0 aromatic heterocycles. The molecule has 0 radical (unpaired) electrons. The molecule has 1 aromatic rings. The first-order chi connectivity index (χ1) is 13.0. The highest BCUT2D eigenvalue weighted by atomic mass is 16.5. The number of quaternary nitrogens is 1. The number of ether oxygens (including phenoxy) is 1. The zero-order valence-corrected chi connectivity index (χ0v) is 16.1. The molecule has 7 rings (SSSR count). The Bertz CT molecular complexity index is 913. The third-order valence-electron chi connectivity index (χ3n) is 9.11. The average Bonchev–Trinajstić information content (AvgIpc) is 3.13. The number of carbonyl (C=O) groups excluding carboxylic acids is 1. The van der Waals surface area contributed by atoms with Gasteiger partial charge < -0.3 is 19.6 Å². The molecule has 5 heteroatoms. The number of anilines is 1. The predicted octanol–water partition coefficient (Wildman–Crippen LogP) is 1.82. The molecule has 5 heterocycles. The number of rotatable bonds is 1. The fraction of sp³-hybridized carbons (Fsp3) is 0.591. The molecule has 0 amide bonds. The van der Waals surface area contributed by atoms with Crippen LogP contribution in [0.15, 0.2) is 35.9 Å². The van der Waals surface area contributed by atoms with Gasteiger partial charge >= 0.3 is 5.97 Å². The van der Waals surface area contributed by atoms with Crippen LogP contribution in [0.4, 0.5) is 5.69 Å². The summed E-state index contributed by atoms with van der Waals surface area (Å²) >= 11 is 0.